The first-order chi connectivity index (χ1) is 16.6. The molecule has 2 rings (SSSR count). The SMILES string of the molecule is CCCNC(=O)[C@@H](C)N(Cc1ccccc1C)C(=O)CCCN(c1ccc(CC)cc1)S(C)(=O)=O. The van der Waals surface area contributed by atoms with Crippen molar-refractivity contribution in [2.45, 2.75) is 66.0 Å². The summed E-state index contributed by atoms with van der Waals surface area (Å²) in [6.07, 6.45) is 3.33. The van der Waals surface area contributed by atoms with Gasteiger partial charge in [0.2, 0.25) is 21.8 Å². The van der Waals surface area contributed by atoms with Crippen molar-refractivity contribution in [3.63, 3.8) is 0 Å². The second-order valence-electron chi connectivity index (χ2n) is 8.87. The summed E-state index contributed by atoms with van der Waals surface area (Å²) in [4.78, 5) is 27.6. The third kappa shape index (κ3) is 8.38. The van der Waals surface area contributed by atoms with Crippen molar-refractivity contribution >= 4 is 27.5 Å². The molecule has 1 N–H and O–H groups in total. The lowest BCUT2D eigenvalue weighted by Gasteiger charge is -2.30. The van der Waals surface area contributed by atoms with Crippen LogP contribution in [0.3, 0.4) is 0 Å². The van der Waals surface area contributed by atoms with E-state index in [0.29, 0.717) is 25.2 Å². The molecule has 0 aliphatic rings. The van der Waals surface area contributed by atoms with E-state index in [9.17, 15) is 18.0 Å². The number of nitrogens with one attached hydrogen (secondary N) is 1. The standard InChI is InChI=1S/C27H39N3O4S/c1-6-18-28-27(32)22(4)29(20-24-12-9-8-11-21(24)3)26(31)13-10-19-30(35(5,33)34)25-16-14-23(7-2)15-17-25/h8-9,11-12,14-17,22H,6-7,10,13,18-20H2,1-5H3,(H,28,32)/t22-/m1/s1. The lowest BCUT2D eigenvalue weighted by atomic mass is 10.1. The van der Waals surface area contributed by atoms with E-state index in [-0.39, 0.29) is 24.8 Å². The smallest absolute Gasteiger partial charge is 0.242 e. The van der Waals surface area contributed by atoms with Crippen LogP contribution in [0.25, 0.3) is 0 Å². The predicted octanol–water partition coefficient (Wildman–Crippen LogP) is 4.05. The summed E-state index contributed by atoms with van der Waals surface area (Å²) in [5.41, 5.74) is 3.73. The van der Waals surface area contributed by atoms with Crippen LogP contribution in [0.1, 0.15) is 56.7 Å². The van der Waals surface area contributed by atoms with Crippen molar-refractivity contribution in [2.75, 3.05) is 23.7 Å². The average molecular weight is 502 g/mol. The number of amides is 2. The van der Waals surface area contributed by atoms with E-state index in [0.717, 1.165) is 29.5 Å². The molecule has 8 heteroatoms. The van der Waals surface area contributed by atoms with Gasteiger partial charge in [0.25, 0.3) is 0 Å². The summed E-state index contributed by atoms with van der Waals surface area (Å²) in [5, 5.41) is 2.87. The van der Waals surface area contributed by atoms with Gasteiger partial charge in [0, 0.05) is 26.1 Å². The van der Waals surface area contributed by atoms with Gasteiger partial charge in [0.1, 0.15) is 6.04 Å². The normalized spacial score (nSPS) is 12.1. The van der Waals surface area contributed by atoms with Crippen LogP contribution in [0.15, 0.2) is 48.5 Å². The van der Waals surface area contributed by atoms with Crippen molar-refractivity contribution < 1.29 is 18.0 Å². The number of hydrogen-bond acceptors (Lipinski definition) is 4. The number of carbonyl (C=O) groups is 2. The lowest BCUT2D eigenvalue weighted by Crippen LogP contribution is -2.48. The van der Waals surface area contributed by atoms with Crippen molar-refractivity contribution in [1.82, 2.24) is 10.2 Å². The van der Waals surface area contributed by atoms with Gasteiger partial charge in [-0.1, -0.05) is 50.2 Å². The Morgan fingerprint density at radius 2 is 1.69 bits per heavy atom. The van der Waals surface area contributed by atoms with E-state index in [4.69, 9.17) is 0 Å². The molecule has 0 spiro atoms. The Hall–Kier alpha value is -2.87. The second kappa shape index (κ2) is 13.3. The largest absolute Gasteiger partial charge is 0.354 e. The predicted molar refractivity (Wildman–Crippen MR) is 142 cm³/mol. The molecular weight excluding hydrogens is 462 g/mol. The fraction of sp³-hybridized carbons (Fsp3) is 0.481. The van der Waals surface area contributed by atoms with Gasteiger partial charge in [-0.3, -0.25) is 13.9 Å². The van der Waals surface area contributed by atoms with Crippen molar-refractivity contribution in [1.29, 1.82) is 0 Å². The molecule has 0 unspecified atom stereocenters. The molecule has 35 heavy (non-hydrogen) atoms. The highest BCUT2D eigenvalue weighted by Gasteiger charge is 2.26. The first kappa shape index (κ1) is 28.4. The molecule has 0 saturated carbocycles. The number of anilines is 1. The fourth-order valence-electron chi connectivity index (χ4n) is 3.85. The Kier molecular flexibility index (Phi) is 10.8. The van der Waals surface area contributed by atoms with Gasteiger partial charge in [-0.15, -0.1) is 0 Å². The van der Waals surface area contributed by atoms with E-state index in [2.05, 4.69) is 5.32 Å². The highest BCUT2D eigenvalue weighted by Crippen LogP contribution is 2.20. The van der Waals surface area contributed by atoms with Crippen LogP contribution in [0.4, 0.5) is 5.69 Å². The molecule has 2 amide bonds. The Bertz CT molecular complexity index is 1080. The quantitative estimate of drug-likeness (QED) is 0.449. The molecule has 0 fully saturated rings. The van der Waals surface area contributed by atoms with Gasteiger partial charge >= 0.3 is 0 Å². The molecule has 7 nitrogen and oxygen atoms in total. The van der Waals surface area contributed by atoms with Crippen LogP contribution < -0.4 is 9.62 Å². The van der Waals surface area contributed by atoms with Crippen LogP contribution in [0.5, 0.6) is 0 Å². The van der Waals surface area contributed by atoms with Crippen molar-refractivity contribution in [3.05, 3.63) is 65.2 Å². The molecule has 1 atom stereocenters. The number of carbonyl (C=O) groups excluding carboxylic acids is 2. The maximum atomic E-state index is 13.3. The zero-order valence-corrected chi connectivity index (χ0v) is 22.4. The summed E-state index contributed by atoms with van der Waals surface area (Å²) in [7, 11) is -3.51. The molecule has 0 aliphatic carbocycles. The van der Waals surface area contributed by atoms with Crippen LogP contribution >= 0.6 is 0 Å². The monoisotopic (exact) mass is 501 g/mol. The van der Waals surface area contributed by atoms with Crippen LogP contribution in [-0.4, -0.2) is 50.5 Å². The van der Waals surface area contributed by atoms with E-state index in [1.165, 1.54) is 10.6 Å². The van der Waals surface area contributed by atoms with Gasteiger partial charge in [-0.25, -0.2) is 8.42 Å². The highest BCUT2D eigenvalue weighted by atomic mass is 32.2. The van der Waals surface area contributed by atoms with Gasteiger partial charge in [-0.2, -0.15) is 0 Å². The molecule has 0 saturated heterocycles. The molecule has 0 heterocycles. The van der Waals surface area contributed by atoms with Gasteiger partial charge in [-0.05, 0) is 61.9 Å². The fourth-order valence-corrected chi connectivity index (χ4v) is 4.82. The Labute approximate surface area is 210 Å². The Morgan fingerprint density at radius 1 is 1.03 bits per heavy atom. The molecule has 0 bridgehead atoms. The maximum absolute atomic E-state index is 13.3. The second-order valence-corrected chi connectivity index (χ2v) is 10.8. The number of benzene rings is 2. The van der Waals surface area contributed by atoms with Crippen LogP contribution in [0, 0.1) is 6.92 Å². The Morgan fingerprint density at radius 3 is 2.26 bits per heavy atom. The topological polar surface area (TPSA) is 86.8 Å². The number of aryl methyl sites for hydroxylation is 2. The first-order valence-electron chi connectivity index (χ1n) is 12.3. The molecular formula is C27H39N3O4S. The summed E-state index contributed by atoms with van der Waals surface area (Å²) in [6, 6.07) is 14.6. The van der Waals surface area contributed by atoms with Crippen molar-refractivity contribution in [2.24, 2.45) is 0 Å². The first-order valence-corrected chi connectivity index (χ1v) is 14.1. The van der Waals surface area contributed by atoms with E-state index < -0.39 is 16.1 Å². The highest BCUT2D eigenvalue weighted by molar-refractivity contribution is 7.92. The average Bonchev–Trinajstić information content (AvgIpc) is 2.83. The minimum absolute atomic E-state index is 0.135. The third-order valence-electron chi connectivity index (χ3n) is 6.10. The van der Waals surface area contributed by atoms with Gasteiger partial charge < -0.3 is 10.2 Å². The molecule has 2 aromatic rings. The molecule has 2 aromatic carbocycles. The van der Waals surface area contributed by atoms with E-state index >= 15 is 0 Å². The molecule has 0 radical (unpaired) electrons. The Balaban J connectivity index is 2.16. The zero-order chi connectivity index (χ0) is 26.0. The number of rotatable bonds is 13. The molecule has 192 valence electrons. The van der Waals surface area contributed by atoms with Crippen molar-refractivity contribution in [3.8, 4) is 0 Å². The maximum Gasteiger partial charge on any atom is 0.242 e. The minimum atomic E-state index is -3.51. The van der Waals surface area contributed by atoms with E-state index in [1.807, 2.05) is 57.2 Å². The number of sulfonamides is 1. The van der Waals surface area contributed by atoms with Gasteiger partial charge in [0.15, 0.2) is 0 Å². The third-order valence-corrected chi connectivity index (χ3v) is 7.30. The minimum Gasteiger partial charge on any atom is -0.354 e. The zero-order valence-electron chi connectivity index (χ0n) is 21.6. The lowest BCUT2D eigenvalue weighted by molar-refractivity contribution is -0.140. The molecule has 0 aromatic heterocycles. The summed E-state index contributed by atoms with van der Waals surface area (Å²) in [5.74, 6) is -0.371. The number of hydrogen-bond donors (Lipinski definition) is 1. The van der Waals surface area contributed by atoms with Gasteiger partial charge in [0.05, 0.1) is 11.9 Å². The summed E-state index contributed by atoms with van der Waals surface area (Å²) >= 11 is 0. The summed E-state index contributed by atoms with van der Waals surface area (Å²) < 4.78 is 26.2. The number of nitrogens with zero attached hydrogens (tertiary/aromatic N) is 2. The van der Waals surface area contributed by atoms with Crippen LogP contribution in [0.2, 0.25) is 0 Å². The molecule has 0 aliphatic heterocycles. The van der Waals surface area contributed by atoms with Crippen LogP contribution in [-0.2, 0) is 32.6 Å². The van der Waals surface area contributed by atoms with E-state index in [1.54, 1.807) is 24.0 Å². The summed E-state index contributed by atoms with van der Waals surface area (Å²) in [6.45, 7) is 8.79.